The molecule has 1 aliphatic heterocycles. The van der Waals surface area contributed by atoms with Gasteiger partial charge in [-0.1, -0.05) is 13.8 Å². The van der Waals surface area contributed by atoms with E-state index in [1.807, 2.05) is 16.7 Å². The maximum atomic E-state index is 12.4. The van der Waals surface area contributed by atoms with E-state index in [0.29, 0.717) is 23.4 Å². The minimum atomic E-state index is -1.22. The van der Waals surface area contributed by atoms with Crippen LogP contribution in [0.4, 0.5) is 0 Å². The zero-order valence-electron chi connectivity index (χ0n) is 17.4. The molecule has 4 rings (SSSR count). The second kappa shape index (κ2) is 7.89. The van der Waals surface area contributed by atoms with Crippen LogP contribution in [0.5, 0.6) is 5.75 Å². The van der Waals surface area contributed by atoms with Crippen LogP contribution in [0.1, 0.15) is 54.2 Å². The molecule has 1 aliphatic carbocycles. The van der Waals surface area contributed by atoms with Crippen molar-refractivity contribution in [3.8, 4) is 17.0 Å². The van der Waals surface area contributed by atoms with Crippen molar-refractivity contribution < 1.29 is 24.5 Å². The number of aliphatic hydroxyl groups excluding tert-OH is 1. The van der Waals surface area contributed by atoms with Gasteiger partial charge in [-0.15, -0.1) is 0 Å². The summed E-state index contributed by atoms with van der Waals surface area (Å²) in [4.78, 5) is 23.9. The number of hydrogen-bond donors (Lipinski definition) is 2. The van der Waals surface area contributed by atoms with Crippen LogP contribution in [-0.4, -0.2) is 40.1 Å². The van der Waals surface area contributed by atoms with Crippen molar-refractivity contribution in [3.63, 3.8) is 0 Å². The van der Waals surface area contributed by atoms with Crippen molar-refractivity contribution in [3.05, 3.63) is 51.3 Å². The molecule has 1 aromatic carbocycles. The summed E-state index contributed by atoms with van der Waals surface area (Å²) in [5, 5.41) is 19.3. The Morgan fingerprint density at radius 3 is 2.57 bits per heavy atom. The summed E-state index contributed by atoms with van der Waals surface area (Å²) in [6, 6.07) is 5.24. The van der Waals surface area contributed by atoms with Crippen LogP contribution in [0.2, 0.25) is 0 Å². The van der Waals surface area contributed by atoms with Gasteiger partial charge in [0.2, 0.25) is 0 Å². The van der Waals surface area contributed by atoms with E-state index in [2.05, 4.69) is 13.8 Å². The lowest BCUT2D eigenvalue weighted by atomic mass is 9.86. The third-order valence-corrected chi connectivity index (χ3v) is 6.28. The van der Waals surface area contributed by atoms with Gasteiger partial charge in [0.05, 0.1) is 18.4 Å². The van der Waals surface area contributed by atoms with Crippen LogP contribution in [0.3, 0.4) is 0 Å². The van der Waals surface area contributed by atoms with Crippen LogP contribution >= 0.6 is 0 Å². The number of aromatic carboxylic acids is 1. The smallest absolute Gasteiger partial charge is 0.341 e. The van der Waals surface area contributed by atoms with Gasteiger partial charge in [-0.3, -0.25) is 4.79 Å². The summed E-state index contributed by atoms with van der Waals surface area (Å²) in [6.07, 6.45) is 4.08. The van der Waals surface area contributed by atoms with Gasteiger partial charge >= 0.3 is 5.97 Å². The van der Waals surface area contributed by atoms with Crippen LogP contribution < -0.4 is 10.2 Å². The number of carboxylic acid groups (broad SMARTS) is 1. The lowest BCUT2D eigenvalue weighted by Crippen LogP contribution is -2.39. The number of rotatable bonds is 6. The van der Waals surface area contributed by atoms with Crippen LogP contribution in [0.25, 0.3) is 11.3 Å². The molecule has 2 aliphatic rings. The molecule has 1 fully saturated rings. The van der Waals surface area contributed by atoms with Crippen molar-refractivity contribution in [1.82, 2.24) is 4.57 Å². The maximum Gasteiger partial charge on any atom is 0.341 e. The van der Waals surface area contributed by atoms with E-state index in [0.717, 1.165) is 24.0 Å². The Morgan fingerprint density at radius 2 is 1.97 bits per heavy atom. The summed E-state index contributed by atoms with van der Waals surface area (Å²) < 4.78 is 13.4. The second-order valence-electron chi connectivity index (χ2n) is 8.51. The molecule has 7 nitrogen and oxygen atoms in total. The van der Waals surface area contributed by atoms with Crippen molar-refractivity contribution in [1.29, 1.82) is 0 Å². The Morgan fingerprint density at radius 1 is 1.23 bits per heavy atom. The largest absolute Gasteiger partial charge is 0.490 e. The van der Waals surface area contributed by atoms with E-state index in [9.17, 15) is 19.8 Å². The molecule has 0 amide bonds. The summed E-state index contributed by atoms with van der Waals surface area (Å²) in [7, 11) is 1.69. The number of methoxy groups -OCH3 is 1. The van der Waals surface area contributed by atoms with E-state index in [1.165, 1.54) is 12.3 Å². The normalized spacial score (nSPS) is 22.2. The van der Waals surface area contributed by atoms with Gasteiger partial charge in [0.15, 0.2) is 5.43 Å². The van der Waals surface area contributed by atoms with E-state index in [1.54, 1.807) is 7.11 Å². The highest BCUT2D eigenvalue weighted by atomic mass is 16.5. The monoisotopic (exact) mass is 413 g/mol. The zero-order valence-corrected chi connectivity index (χ0v) is 17.4. The molecule has 30 heavy (non-hydrogen) atoms. The topological polar surface area (TPSA) is 98.0 Å². The molecule has 7 heteroatoms. The molecule has 1 saturated carbocycles. The first-order chi connectivity index (χ1) is 14.3. The summed E-state index contributed by atoms with van der Waals surface area (Å²) in [6.45, 7) is 3.97. The Balaban J connectivity index is 1.79. The van der Waals surface area contributed by atoms with Crippen molar-refractivity contribution in [2.24, 2.45) is 5.92 Å². The van der Waals surface area contributed by atoms with E-state index >= 15 is 0 Å². The highest BCUT2D eigenvalue weighted by Gasteiger charge is 2.33. The molecular weight excluding hydrogens is 386 g/mol. The molecule has 0 saturated heterocycles. The van der Waals surface area contributed by atoms with Crippen molar-refractivity contribution in [2.45, 2.75) is 58.0 Å². The molecule has 160 valence electrons. The number of hydrogen-bond acceptors (Lipinski definition) is 5. The number of aromatic nitrogens is 1. The van der Waals surface area contributed by atoms with Crippen LogP contribution in [0.15, 0.2) is 29.2 Å². The Bertz CT molecular complexity index is 1030. The van der Waals surface area contributed by atoms with Gasteiger partial charge in [-0.25, -0.2) is 4.79 Å². The summed E-state index contributed by atoms with van der Waals surface area (Å²) >= 11 is 0. The maximum absolute atomic E-state index is 12.4. The number of fused-ring (bicyclic) bond motifs is 3. The van der Waals surface area contributed by atoms with E-state index in [4.69, 9.17) is 9.47 Å². The second-order valence-corrected chi connectivity index (χ2v) is 8.51. The average Bonchev–Trinajstić information content (AvgIpc) is 2.68. The lowest BCUT2D eigenvalue weighted by molar-refractivity contribution is -0.0387. The fourth-order valence-corrected chi connectivity index (χ4v) is 4.37. The molecule has 0 unspecified atom stereocenters. The fourth-order valence-electron chi connectivity index (χ4n) is 4.37. The first-order valence-corrected chi connectivity index (χ1v) is 10.3. The van der Waals surface area contributed by atoms with Gasteiger partial charge in [-0.05, 0) is 30.0 Å². The van der Waals surface area contributed by atoms with E-state index in [-0.39, 0.29) is 36.3 Å². The first-order valence-electron chi connectivity index (χ1n) is 10.3. The molecule has 2 heterocycles. The number of ether oxygens (including phenoxy) is 2. The zero-order chi connectivity index (χ0) is 21.6. The molecule has 1 aromatic heterocycles. The first kappa shape index (κ1) is 20.6. The van der Waals surface area contributed by atoms with Crippen molar-refractivity contribution >= 4 is 5.97 Å². The summed E-state index contributed by atoms with van der Waals surface area (Å²) in [5.74, 6) is -0.327. The van der Waals surface area contributed by atoms with Crippen molar-refractivity contribution in [2.75, 3.05) is 7.11 Å². The van der Waals surface area contributed by atoms with E-state index < -0.39 is 11.4 Å². The molecule has 2 N–H and O–H groups in total. The van der Waals surface area contributed by atoms with Crippen LogP contribution in [0, 0.1) is 5.92 Å². The Kier molecular flexibility index (Phi) is 5.42. The molecule has 0 radical (unpaired) electrons. The minimum absolute atomic E-state index is 0.0144. The van der Waals surface area contributed by atoms with Gasteiger partial charge in [-0.2, -0.15) is 0 Å². The van der Waals surface area contributed by atoms with Gasteiger partial charge < -0.3 is 24.3 Å². The third kappa shape index (κ3) is 3.52. The fraction of sp³-hybridized carbons (Fsp3) is 0.478. The number of benzene rings is 1. The van der Waals surface area contributed by atoms with Crippen LogP contribution in [-0.2, 0) is 17.8 Å². The molecule has 0 bridgehead atoms. The minimum Gasteiger partial charge on any atom is -0.490 e. The predicted molar refractivity (Wildman–Crippen MR) is 111 cm³/mol. The lowest BCUT2D eigenvalue weighted by Gasteiger charge is -2.36. The van der Waals surface area contributed by atoms with Gasteiger partial charge in [0.1, 0.15) is 17.4 Å². The molecule has 1 atom stereocenters. The Labute approximate surface area is 174 Å². The number of nitrogens with zero attached hydrogens (tertiary/aromatic N) is 1. The average molecular weight is 413 g/mol. The summed E-state index contributed by atoms with van der Waals surface area (Å²) in [5.41, 5.74) is 2.45. The number of carbonyl (C=O) groups is 1. The number of carboxylic acids is 1. The Hall–Kier alpha value is -2.64. The molecule has 0 spiro atoms. The predicted octanol–water partition coefficient (Wildman–Crippen LogP) is 3.02. The number of aliphatic hydroxyl groups is 1. The van der Waals surface area contributed by atoms with Gasteiger partial charge in [0, 0.05) is 49.4 Å². The van der Waals surface area contributed by atoms with Gasteiger partial charge in [0.25, 0.3) is 0 Å². The highest BCUT2D eigenvalue weighted by molar-refractivity contribution is 5.87. The SMILES string of the molecule is COC1CC(Oc2cc3c(cc2CO)-c2cc(=O)c(C(=O)O)cn2[C@H](C(C)C)C3)C1. The highest BCUT2D eigenvalue weighted by Crippen LogP contribution is 2.41. The molecular formula is C23H27NO6. The third-order valence-electron chi connectivity index (χ3n) is 6.28. The standard InChI is InChI=1S/C23H27NO6/c1-12(2)19-5-13-6-22(30-16-7-15(8-16)29-3)14(11-25)4-17(13)20-9-21(26)18(23(27)28)10-24(19)20/h4,6,9-10,12,15-16,19,25H,5,7-8,11H2,1-3H3,(H,27,28)/t15?,16?,19-/m0/s1. The number of pyridine rings is 1. The quantitative estimate of drug-likeness (QED) is 0.756. The molecule has 2 aromatic rings.